The van der Waals surface area contributed by atoms with Crippen molar-refractivity contribution in [3.05, 3.63) is 0 Å². The highest BCUT2D eigenvalue weighted by Gasteiger charge is 2.02. The molecule has 0 heterocycles. The predicted molar refractivity (Wildman–Crippen MR) is 91.8 cm³/mol. The van der Waals surface area contributed by atoms with Crippen molar-refractivity contribution in [2.45, 2.75) is 103 Å². The second-order valence-electron chi connectivity index (χ2n) is 6.00. The molecule has 0 fully saturated rings. The number of carbonyl (C=O) groups excluding carboxylic acids is 1. The van der Waals surface area contributed by atoms with E-state index in [2.05, 4.69) is 6.92 Å². The van der Waals surface area contributed by atoms with E-state index in [1.54, 1.807) is 0 Å². The Labute approximate surface area is 133 Å². The van der Waals surface area contributed by atoms with Gasteiger partial charge in [-0.3, -0.25) is 4.79 Å². The van der Waals surface area contributed by atoms with Crippen LogP contribution < -0.4 is 0 Å². The number of ether oxygens (including phenoxy) is 1. The largest absolute Gasteiger partial charge is 0.466 e. The van der Waals surface area contributed by atoms with Gasteiger partial charge >= 0.3 is 5.97 Å². The number of hydrogen-bond donors (Lipinski definition) is 0. The summed E-state index contributed by atoms with van der Waals surface area (Å²) in [7, 11) is 5.42. The van der Waals surface area contributed by atoms with Crippen molar-refractivity contribution in [1.82, 2.24) is 0 Å². The average Bonchev–Trinajstić information content (AvgIpc) is 2.49. The van der Waals surface area contributed by atoms with Crippen LogP contribution in [0.5, 0.6) is 0 Å². The minimum atomic E-state index is -0.0256. The van der Waals surface area contributed by atoms with E-state index in [0.29, 0.717) is 13.0 Å². The smallest absolute Gasteiger partial charge is 0.305 e. The van der Waals surface area contributed by atoms with Crippen LogP contribution in [-0.4, -0.2) is 20.4 Å². The van der Waals surface area contributed by atoms with Crippen molar-refractivity contribution in [2.75, 3.05) is 6.61 Å². The standard InChI is InChI=1S/C18H35BO2/c1-2-3-4-5-6-7-8-11-14-17-21-18(20)15-12-9-10-13-16-19/h2-17H2,1H3. The van der Waals surface area contributed by atoms with Gasteiger partial charge in [0.15, 0.2) is 0 Å². The summed E-state index contributed by atoms with van der Waals surface area (Å²) >= 11 is 0. The van der Waals surface area contributed by atoms with E-state index in [-0.39, 0.29) is 5.97 Å². The first-order valence-corrected chi connectivity index (χ1v) is 9.17. The Hall–Kier alpha value is -0.465. The fourth-order valence-corrected chi connectivity index (χ4v) is 2.44. The van der Waals surface area contributed by atoms with E-state index in [1.807, 2.05) is 0 Å². The quantitative estimate of drug-likeness (QED) is 0.210. The summed E-state index contributed by atoms with van der Waals surface area (Å²) in [6, 6.07) is 0. The van der Waals surface area contributed by atoms with E-state index >= 15 is 0 Å². The lowest BCUT2D eigenvalue weighted by Crippen LogP contribution is -2.05. The molecule has 0 bridgehead atoms. The minimum absolute atomic E-state index is 0.0256. The molecule has 0 rings (SSSR count). The molecule has 0 spiro atoms. The van der Waals surface area contributed by atoms with E-state index < -0.39 is 0 Å². The average molecular weight is 294 g/mol. The fraction of sp³-hybridized carbons (Fsp3) is 0.944. The van der Waals surface area contributed by atoms with Crippen LogP contribution in [0.2, 0.25) is 6.32 Å². The molecule has 0 aliphatic rings. The Morgan fingerprint density at radius 1 is 0.762 bits per heavy atom. The Morgan fingerprint density at radius 3 is 1.90 bits per heavy atom. The molecule has 0 unspecified atom stereocenters. The summed E-state index contributed by atoms with van der Waals surface area (Å²) in [6.45, 7) is 2.86. The lowest BCUT2D eigenvalue weighted by Gasteiger charge is -2.05. The minimum Gasteiger partial charge on any atom is -0.466 e. The van der Waals surface area contributed by atoms with Crippen molar-refractivity contribution < 1.29 is 9.53 Å². The van der Waals surface area contributed by atoms with Crippen LogP contribution in [0, 0.1) is 0 Å². The van der Waals surface area contributed by atoms with Crippen LogP contribution in [0.15, 0.2) is 0 Å². The third kappa shape index (κ3) is 17.5. The second kappa shape index (κ2) is 17.6. The Kier molecular flexibility index (Phi) is 17.2. The highest BCUT2D eigenvalue weighted by Crippen LogP contribution is 2.10. The molecule has 0 aliphatic carbocycles. The SMILES string of the molecule is [B]CCCCCCC(=O)OCCCCCCCCCCC. The van der Waals surface area contributed by atoms with Gasteiger partial charge in [0, 0.05) is 6.42 Å². The van der Waals surface area contributed by atoms with E-state index in [0.717, 1.165) is 38.4 Å². The Bertz CT molecular complexity index is 219. The molecular formula is C18H35BO2. The third-order valence-corrected chi connectivity index (χ3v) is 3.85. The molecule has 0 atom stereocenters. The zero-order valence-electron chi connectivity index (χ0n) is 14.2. The van der Waals surface area contributed by atoms with Crippen LogP contribution in [0.3, 0.4) is 0 Å². The summed E-state index contributed by atoms with van der Waals surface area (Å²) in [5.74, 6) is -0.0256. The van der Waals surface area contributed by atoms with Gasteiger partial charge < -0.3 is 4.74 Å². The number of hydrogen-bond acceptors (Lipinski definition) is 2. The van der Waals surface area contributed by atoms with Gasteiger partial charge in [0.2, 0.25) is 0 Å². The van der Waals surface area contributed by atoms with Crippen molar-refractivity contribution in [3.63, 3.8) is 0 Å². The molecule has 21 heavy (non-hydrogen) atoms. The van der Waals surface area contributed by atoms with Gasteiger partial charge in [-0.1, -0.05) is 83.9 Å². The second-order valence-corrected chi connectivity index (χ2v) is 6.00. The van der Waals surface area contributed by atoms with E-state index in [9.17, 15) is 4.79 Å². The van der Waals surface area contributed by atoms with Crippen LogP contribution in [0.4, 0.5) is 0 Å². The molecule has 122 valence electrons. The van der Waals surface area contributed by atoms with Gasteiger partial charge in [0.05, 0.1) is 14.5 Å². The number of rotatable bonds is 16. The summed E-state index contributed by atoms with van der Waals surface area (Å²) in [4.78, 5) is 11.5. The van der Waals surface area contributed by atoms with Gasteiger partial charge in [-0.2, -0.15) is 0 Å². The lowest BCUT2D eigenvalue weighted by atomic mass is 9.99. The summed E-state index contributed by atoms with van der Waals surface area (Å²) in [5, 5.41) is 0. The molecule has 0 aromatic heterocycles. The maximum atomic E-state index is 11.5. The zero-order valence-corrected chi connectivity index (χ0v) is 14.2. The normalized spacial score (nSPS) is 10.7. The van der Waals surface area contributed by atoms with Crippen molar-refractivity contribution in [1.29, 1.82) is 0 Å². The van der Waals surface area contributed by atoms with Gasteiger partial charge in [0.25, 0.3) is 0 Å². The molecule has 2 radical (unpaired) electrons. The first kappa shape index (κ1) is 20.5. The van der Waals surface area contributed by atoms with Gasteiger partial charge in [-0.05, 0) is 12.8 Å². The van der Waals surface area contributed by atoms with E-state index in [1.165, 1.54) is 51.4 Å². The maximum absolute atomic E-state index is 11.5. The third-order valence-electron chi connectivity index (χ3n) is 3.85. The van der Waals surface area contributed by atoms with Crippen LogP contribution in [-0.2, 0) is 9.53 Å². The Morgan fingerprint density at radius 2 is 1.29 bits per heavy atom. The first-order chi connectivity index (χ1) is 10.3. The highest BCUT2D eigenvalue weighted by molar-refractivity contribution is 6.08. The molecule has 0 aromatic carbocycles. The lowest BCUT2D eigenvalue weighted by molar-refractivity contribution is -0.143. The molecule has 0 aromatic rings. The molecule has 0 saturated carbocycles. The summed E-state index contributed by atoms with van der Waals surface area (Å²) < 4.78 is 5.24. The van der Waals surface area contributed by atoms with Gasteiger partial charge in [-0.25, -0.2) is 0 Å². The topological polar surface area (TPSA) is 26.3 Å². The molecule has 0 amide bonds. The van der Waals surface area contributed by atoms with Crippen molar-refractivity contribution in [2.24, 2.45) is 0 Å². The summed E-state index contributed by atoms with van der Waals surface area (Å²) in [6.07, 6.45) is 17.2. The monoisotopic (exact) mass is 294 g/mol. The van der Waals surface area contributed by atoms with Crippen molar-refractivity contribution >= 4 is 13.8 Å². The van der Waals surface area contributed by atoms with Crippen LogP contribution in [0.1, 0.15) is 96.8 Å². The predicted octanol–water partition coefficient (Wildman–Crippen LogP) is 5.60. The van der Waals surface area contributed by atoms with Crippen LogP contribution in [0.25, 0.3) is 0 Å². The highest BCUT2D eigenvalue weighted by atomic mass is 16.5. The van der Waals surface area contributed by atoms with Crippen LogP contribution >= 0.6 is 0 Å². The number of unbranched alkanes of at least 4 members (excludes halogenated alkanes) is 11. The fourth-order valence-electron chi connectivity index (χ4n) is 2.44. The van der Waals surface area contributed by atoms with Gasteiger partial charge in [0.1, 0.15) is 0 Å². The van der Waals surface area contributed by atoms with E-state index in [4.69, 9.17) is 12.6 Å². The maximum Gasteiger partial charge on any atom is 0.305 e. The molecule has 0 N–H and O–H groups in total. The van der Waals surface area contributed by atoms with Crippen molar-refractivity contribution in [3.8, 4) is 0 Å². The molecule has 0 aliphatic heterocycles. The number of esters is 1. The number of carbonyl (C=O) groups is 1. The molecule has 3 heteroatoms. The zero-order chi connectivity index (χ0) is 15.6. The molecule has 0 saturated heterocycles. The Balaban J connectivity index is 3.11. The van der Waals surface area contributed by atoms with Gasteiger partial charge in [-0.15, -0.1) is 0 Å². The molecular weight excluding hydrogens is 259 g/mol. The molecule has 2 nitrogen and oxygen atoms in total. The summed E-state index contributed by atoms with van der Waals surface area (Å²) in [5.41, 5.74) is 0. The first-order valence-electron chi connectivity index (χ1n) is 9.17.